The van der Waals surface area contributed by atoms with Crippen molar-refractivity contribution >= 4 is 51.8 Å². The van der Waals surface area contributed by atoms with Crippen LogP contribution < -0.4 is 10.1 Å². The lowest BCUT2D eigenvalue weighted by Gasteiger charge is -2.12. The minimum absolute atomic E-state index is 0.169. The highest BCUT2D eigenvalue weighted by molar-refractivity contribution is 6.32. The molecule has 0 saturated heterocycles. The number of rotatable bonds is 7. The molecule has 0 fully saturated rings. The molecule has 35 heavy (non-hydrogen) atoms. The summed E-state index contributed by atoms with van der Waals surface area (Å²) in [5, 5.41) is 4.16. The van der Waals surface area contributed by atoms with E-state index in [2.05, 4.69) is 20.3 Å². The lowest BCUT2D eigenvalue weighted by molar-refractivity contribution is -0.126. The summed E-state index contributed by atoms with van der Waals surface area (Å²) < 4.78 is 24.5. The normalized spacial score (nSPS) is 15.0. The molecule has 174 valence electrons. The molecule has 0 radical (unpaired) electrons. The summed E-state index contributed by atoms with van der Waals surface area (Å²) in [5.41, 5.74) is 2.25. The van der Waals surface area contributed by atoms with Crippen molar-refractivity contribution in [3.8, 4) is 5.75 Å². The molecule has 1 N–H and O–H groups in total. The highest BCUT2D eigenvalue weighted by Gasteiger charge is 2.28. The molecule has 0 bridgehead atoms. The number of carbonyl (C=O) groups is 2. The fourth-order valence-electron chi connectivity index (χ4n) is 3.48. The zero-order valence-corrected chi connectivity index (χ0v) is 18.7. The van der Waals surface area contributed by atoms with Crippen LogP contribution >= 0.6 is 11.6 Å². The number of fused-ring (bicyclic) bond motifs is 1. The lowest BCUT2D eigenvalue weighted by Crippen LogP contribution is -2.17. The van der Waals surface area contributed by atoms with Gasteiger partial charge in [0.25, 0.3) is 0 Å². The first-order valence-electron chi connectivity index (χ1n) is 10.4. The smallest absolute Gasteiger partial charge is 0.215 e. The Bertz CT molecular complexity index is 1490. The van der Waals surface area contributed by atoms with Gasteiger partial charge < -0.3 is 14.8 Å². The Morgan fingerprint density at radius 2 is 2.03 bits per heavy atom. The van der Waals surface area contributed by atoms with Crippen molar-refractivity contribution in [3.63, 3.8) is 0 Å². The minimum atomic E-state index is -1.16. The maximum absolute atomic E-state index is 13.4. The van der Waals surface area contributed by atoms with E-state index in [4.69, 9.17) is 21.1 Å². The summed E-state index contributed by atoms with van der Waals surface area (Å²) in [7, 11) is 0. The Morgan fingerprint density at radius 1 is 1.14 bits per heavy atom. The molecule has 1 aliphatic rings. The Morgan fingerprint density at radius 3 is 2.80 bits per heavy atom. The van der Waals surface area contributed by atoms with Crippen molar-refractivity contribution in [3.05, 3.63) is 89.2 Å². The third-order valence-electron chi connectivity index (χ3n) is 5.18. The standard InChI is InChI=1S/C25H16ClFN4O4/c26-18-7-16(4-5-22(18)34-12-14-2-1-3-15(27)6-14)31-25-17-8-19(28-10-20(17)29-13-30-25)23-9-21(33)24(11-32)35-23/h1-11,13,24H,12H2,(H,29,30,31). The van der Waals surface area contributed by atoms with Gasteiger partial charge in [0.1, 0.15) is 41.8 Å². The topological polar surface area (TPSA) is 103 Å². The van der Waals surface area contributed by atoms with Gasteiger partial charge in [0.05, 0.1) is 16.7 Å². The second-order valence-corrected chi connectivity index (χ2v) is 7.99. The van der Waals surface area contributed by atoms with Crippen molar-refractivity contribution in [1.29, 1.82) is 0 Å². The van der Waals surface area contributed by atoms with Gasteiger partial charge in [-0.05, 0) is 42.0 Å². The van der Waals surface area contributed by atoms with E-state index in [1.54, 1.807) is 36.4 Å². The van der Waals surface area contributed by atoms with Crippen molar-refractivity contribution < 1.29 is 23.5 Å². The number of nitrogens with one attached hydrogen (secondary N) is 1. The number of anilines is 2. The second-order valence-electron chi connectivity index (χ2n) is 7.58. The molecule has 0 aliphatic carbocycles. The lowest BCUT2D eigenvalue weighted by atomic mass is 10.2. The molecule has 1 aliphatic heterocycles. The van der Waals surface area contributed by atoms with Gasteiger partial charge in [-0.2, -0.15) is 0 Å². The molecule has 3 heterocycles. The van der Waals surface area contributed by atoms with Gasteiger partial charge in [-0.25, -0.2) is 14.4 Å². The summed E-state index contributed by atoms with van der Waals surface area (Å²) in [5.74, 6) is 0.346. The monoisotopic (exact) mass is 490 g/mol. The largest absolute Gasteiger partial charge is 0.487 e. The van der Waals surface area contributed by atoms with Crippen LogP contribution in [0.15, 0.2) is 67.1 Å². The summed E-state index contributed by atoms with van der Waals surface area (Å²) >= 11 is 6.40. The van der Waals surface area contributed by atoms with Gasteiger partial charge in [-0.3, -0.25) is 14.6 Å². The summed E-state index contributed by atoms with van der Waals surface area (Å²) in [6.45, 7) is 0.169. The fraction of sp³-hybridized carbons (Fsp3) is 0.0800. The number of ether oxygens (including phenoxy) is 2. The Hall–Kier alpha value is -4.37. The second kappa shape index (κ2) is 9.47. The number of benzene rings is 2. The number of aldehydes is 1. The predicted octanol–water partition coefficient (Wildman–Crippen LogP) is 4.65. The number of carbonyl (C=O) groups excluding carboxylic acids is 2. The van der Waals surface area contributed by atoms with Crippen molar-refractivity contribution in [2.24, 2.45) is 0 Å². The zero-order valence-electron chi connectivity index (χ0n) is 17.9. The SMILES string of the molecule is O=CC1OC(c2cc3c(Nc4ccc(OCc5cccc(F)c5)c(Cl)c4)ncnc3cn2)=CC1=O. The van der Waals surface area contributed by atoms with Crippen LogP contribution in [-0.4, -0.2) is 33.1 Å². The Labute approximate surface area is 203 Å². The van der Waals surface area contributed by atoms with Crippen molar-refractivity contribution in [2.45, 2.75) is 12.7 Å². The van der Waals surface area contributed by atoms with Crippen LogP contribution in [0.4, 0.5) is 15.9 Å². The zero-order chi connectivity index (χ0) is 24.4. The third kappa shape index (κ3) is 4.80. The van der Waals surface area contributed by atoms with E-state index in [1.165, 1.54) is 30.7 Å². The highest BCUT2D eigenvalue weighted by Crippen LogP contribution is 2.32. The first kappa shape index (κ1) is 22.4. The first-order chi connectivity index (χ1) is 17.0. The van der Waals surface area contributed by atoms with E-state index in [-0.39, 0.29) is 18.2 Å². The van der Waals surface area contributed by atoms with Crippen LogP contribution in [0.3, 0.4) is 0 Å². The summed E-state index contributed by atoms with van der Waals surface area (Å²) in [6, 6.07) is 12.9. The average Bonchev–Trinajstić information content (AvgIpc) is 3.24. The van der Waals surface area contributed by atoms with E-state index in [1.807, 2.05) is 0 Å². The molecular formula is C25H16ClFN4O4. The van der Waals surface area contributed by atoms with Crippen LogP contribution in [0, 0.1) is 5.82 Å². The number of hydrogen-bond acceptors (Lipinski definition) is 8. The van der Waals surface area contributed by atoms with Crippen LogP contribution in [0.25, 0.3) is 16.7 Å². The van der Waals surface area contributed by atoms with E-state index in [9.17, 15) is 14.0 Å². The summed E-state index contributed by atoms with van der Waals surface area (Å²) in [4.78, 5) is 35.6. The minimum Gasteiger partial charge on any atom is -0.487 e. The van der Waals surface area contributed by atoms with Crippen LogP contribution in [0.2, 0.25) is 5.02 Å². The molecule has 4 aromatic rings. The van der Waals surface area contributed by atoms with Crippen LogP contribution in [0.5, 0.6) is 5.75 Å². The van der Waals surface area contributed by atoms with Gasteiger partial charge in [-0.1, -0.05) is 23.7 Å². The number of hydrogen-bond donors (Lipinski definition) is 1. The molecule has 0 saturated carbocycles. The van der Waals surface area contributed by atoms with Crippen molar-refractivity contribution in [1.82, 2.24) is 15.0 Å². The van der Waals surface area contributed by atoms with Gasteiger partial charge in [0.15, 0.2) is 6.29 Å². The van der Waals surface area contributed by atoms with E-state index >= 15 is 0 Å². The number of nitrogens with zero attached hydrogens (tertiary/aromatic N) is 3. The maximum atomic E-state index is 13.4. The molecule has 5 rings (SSSR count). The molecular weight excluding hydrogens is 475 g/mol. The number of aromatic nitrogens is 3. The Balaban J connectivity index is 1.37. The van der Waals surface area contributed by atoms with E-state index in [0.717, 1.165) is 0 Å². The van der Waals surface area contributed by atoms with E-state index < -0.39 is 11.9 Å². The van der Waals surface area contributed by atoms with Gasteiger partial charge in [-0.15, -0.1) is 0 Å². The van der Waals surface area contributed by atoms with Gasteiger partial charge >= 0.3 is 0 Å². The quantitative estimate of drug-likeness (QED) is 0.295. The van der Waals surface area contributed by atoms with Gasteiger partial charge in [0, 0.05) is 17.1 Å². The molecule has 1 unspecified atom stereocenters. The molecule has 2 aromatic carbocycles. The Kier molecular flexibility index (Phi) is 6.07. The molecule has 2 aromatic heterocycles. The molecule has 1 atom stereocenters. The summed E-state index contributed by atoms with van der Waals surface area (Å²) in [6.07, 6.45) is 3.44. The third-order valence-corrected chi connectivity index (χ3v) is 5.48. The molecule has 0 amide bonds. The van der Waals surface area contributed by atoms with Crippen LogP contribution in [-0.2, 0) is 20.9 Å². The molecule has 10 heteroatoms. The van der Waals surface area contributed by atoms with E-state index in [0.29, 0.717) is 50.7 Å². The highest BCUT2D eigenvalue weighted by atomic mass is 35.5. The fourth-order valence-corrected chi connectivity index (χ4v) is 3.72. The first-order valence-corrected chi connectivity index (χ1v) is 10.8. The average molecular weight is 491 g/mol. The van der Waals surface area contributed by atoms with Crippen molar-refractivity contribution in [2.75, 3.05) is 5.32 Å². The predicted molar refractivity (Wildman–Crippen MR) is 127 cm³/mol. The van der Waals surface area contributed by atoms with Gasteiger partial charge in [0.2, 0.25) is 11.9 Å². The number of ketones is 1. The number of halogens is 2. The molecule has 0 spiro atoms. The maximum Gasteiger partial charge on any atom is 0.215 e. The molecule has 8 nitrogen and oxygen atoms in total. The van der Waals surface area contributed by atoms with Crippen LogP contribution in [0.1, 0.15) is 11.3 Å². The number of pyridine rings is 1.